The first-order valence-corrected chi connectivity index (χ1v) is 11.8. The van der Waals surface area contributed by atoms with Crippen LogP contribution in [-0.4, -0.2) is 14.7 Å². The van der Waals surface area contributed by atoms with Crippen LogP contribution in [0.3, 0.4) is 0 Å². The fourth-order valence-corrected chi connectivity index (χ4v) is 5.18. The Bertz CT molecular complexity index is 1470. The van der Waals surface area contributed by atoms with Crippen LogP contribution in [0.4, 0.5) is 5.69 Å². The monoisotopic (exact) mass is 460 g/mol. The molecule has 2 aromatic heterocycles. The third-order valence-electron chi connectivity index (χ3n) is 6.50. The lowest BCUT2D eigenvalue weighted by atomic mass is 10.0. The highest BCUT2D eigenvalue weighted by atomic mass is 32.1. The Hall–Kier alpha value is -3.96. The van der Waals surface area contributed by atoms with Crippen molar-refractivity contribution in [3.8, 4) is 5.69 Å². The normalized spacial score (nSPS) is 17.8. The lowest BCUT2D eigenvalue weighted by Crippen LogP contribution is -2.30. The molecule has 166 valence electrons. The van der Waals surface area contributed by atoms with Gasteiger partial charge in [0.05, 0.1) is 11.7 Å². The summed E-state index contributed by atoms with van der Waals surface area (Å²) in [7, 11) is 0. The highest BCUT2D eigenvalue weighted by Crippen LogP contribution is 2.42. The molecule has 5 heteroatoms. The number of benzene rings is 3. The fraction of sp³-hybridized carbons (Fsp3) is 0.103. The van der Waals surface area contributed by atoms with Crippen molar-refractivity contribution in [1.82, 2.24) is 14.9 Å². The molecule has 1 N–H and O–H groups in total. The van der Waals surface area contributed by atoms with Crippen LogP contribution in [-0.2, 0) is 0 Å². The first-order valence-electron chi connectivity index (χ1n) is 11.4. The summed E-state index contributed by atoms with van der Waals surface area (Å²) in [6.45, 7) is 2.10. The third-order valence-corrected chi connectivity index (χ3v) is 6.82. The van der Waals surface area contributed by atoms with Crippen molar-refractivity contribution in [3.63, 3.8) is 0 Å². The van der Waals surface area contributed by atoms with Crippen LogP contribution in [0, 0.1) is 6.92 Å². The van der Waals surface area contributed by atoms with Gasteiger partial charge in [-0.25, -0.2) is 0 Å². The summed E-state index contributed by atoms with van der Waals surface area (Å²) in [6.07, 6.45) is 3.97. The summed E-state index contributed by atoms with van der Waals surface area (Å²) in [5, 5.41) is 6.72. The van der Waals surface area contributed by atoms with Crippen molar-refractivity contribution in [2.75, 3.05) is 4.90 Å². The van der Waals surface area contributed by atoms with E-state index in [-0.39, 0.29) is 12.1 Å². The van der Waals surface area contributed by atoms with Crippen LogP contribution in [0.15, 0.2) is 109 Å². The van der Waals surface area contributed by atoms with E-state index in [1.165, 1.54) is 16.3 Å². The fourth-order valence-electron chi connectivity index (χ4n) is 4.84. The molecular weight excluding hydrogens is 436 g/mol. The number of aryl methyl sites for hydroxylation is 1. The molecule has 1 aliphatic rings. The number of aromatic nitrogens is 2. The number of hydrogen-bond donors (Lipinski definition) is 1. The molecule has 0 saturated carbocycles. The molecule has 6 rings (SSSR count). The lowest BCUT2D eigenvalue weighted by Gasteiger charge is -2.29. The second kappa shape index (κ2) is 8.43. The minimum atomic E-state index is -0.0795. The minimum absolute atomic E-state index is 0.0634. The Labute approximate surface area is 204 Å². The zero-order valence-electron chi connectivity index (χ0n) is 18.8. The van der Waals surface area contributed by atoms with Crippen molar-refractivity contribution < 1.29 is 0 Å². The average molecular weight is 461 g/mol. The Kier molecular flexibility index (Phi) is 5.12. The molecule has 3 heterocycles. The number of rotatable bonds is 4. The van der Waals surface area contributed by atoms with Crippen LogP contribution in [0.25, 0.3) is 16.5 Å². The van der Waals surface area contributed by atoms with Gasteiger partial charge in [-0.1, -0.05) is 54.1 Å². The highest BCUT2D eigenvalue weighted by Gasteiger charge is 2.42. The molecule has 4 nitrogen and oxygen atoms in total. The van der Waals surface area contributed by atoms with Gasteiger partial charge in [0.15, 0.2) is 5.11 Å². The lowest BCUT2D eigenvalue weighted by molar-refractivity contribution is 0.549. The van der Waals surface area contributed by atoms with Crippen LogP contribution in [0.5, 0.6) is 0 Å². The zero-order chi connectivity index (χ0) is 23.1. The molecule has 0 bridgehead atoms. The van der Waals surface area contributed by atoms with E-state index in [4.69, 9.17) is 12.2 Å². The summed E-state index contributed by atoms with van der Waals surface area (Å²) in [6, 6.07) is 33.8. The summed E-state index contributed by atoms with van der Waals surface area (Å²) in [4.78, 5) is 6.91. The van der Waals surface area contributed by atoms with Crippen LogP contribution >= 0.6 is 12.2 Å². The second-order valence-corrected chi connectivity index (χ2v) is 9.05. The Morgan fingerprint density at radius 2 is 1.56 bits per heavy atom. The van der Waals surface area contributed by atoms with E-state index >= 15 is 0 Å². The molecule has 0 aliphatic carbocycles. The van der Waals surface area contributed by atoms with Crippen molar-refractivity contribution in [2.24, 2.45) is 0 Å². The molecule has 1 fully saturated rings. The van der Waals surface area contributed by atoms with Crippen LogP contribution in [0.2, 0.25) is 0 Å². The Morgan fingerprint density at radius 1 is 0.794 bits per heavy atom. The van der Waals surface area contributed by atoms with Gasteiger partial charge in [0, 0.05) is 29.5 Å². The summed E-state index contributed by atoms with van der Waals surface area (Å²) in [5.41, 5.74) is 5.53. The van der Waals surface area contributed by atoms with Crippen molar-refractivity contribution in [3.05, 3.63) is 126 Å². The number of pyridine rings is 1. The van der Waals surface area contributed by atoms with E-state index in [0.29, 0.717) is 5.11 Å². The smallest absolute Gasteiger partial charge is 0.174 e. The number of nitrogens with zero attached hydrogens (tertiary/aromatic N) is 3. The Morgan fingerprint density at radius 3 is 2.35 bits per heavy atom. The van der Waals surface area contributed by atoms with Crippen LogP contribution < -0.4 is 10.2 Å². The second-order valence-electron chi connectivity index (χ2n) is 8.67. The van der Waals surface area contributed by atoms with Crippen LogP contribution in [0.1, 0.15) is 29.0 Å². The number of thiocarbonyl (C=S) groups is 1. The van der Waals surface area contributed by atoms with Crippen molar-refractivity contribution in [2.45, 2.75) is 19.0 Å². The predicted molar refractivity (Wildman–Crippen MR) is 142 cm³/mol. The molecule has 2 atom stereocenters. The molecule has 34 heavy (non-hydrogen) atoms. The first-order chi connectivity index (χ1) is 16.7. The van der Waals surface area contributed by atoms with E-state index in [2.05, 4.69) is 118 Å². The van der Waals surface area contributed by atoms with E-state index < -0.39 is 0 Å². The van der Waals surface area contributed by atoms with Crippen molar-refractivity contribution in [1.29, 1.82) is 0 Å². The average Bonchev–Trinajstić information content (AvgIpc) is 3.49. The topological polar surface area (TPSA) is 33.1 Å². The molecular formula is C29H24N4S. The minimum Gasteiger partial charge on any atom is -0.351 e. The van der Waals surface area contributed by atoms with Gasteiger partial charge in [0.1, 0.15) is 6.04 Å². The van der Waals surface area contributed by atoms with Gasteiger partial charge >= 0.3 is 0 Å². The molecule has 0 spiro atoms. The molecule has 5 aromatic rings. The maximum atomic E-state index is 5.88. The number of fused-ring (bicyclic) bond motifs is 1. The van der Waals surface area contributed by atoms with Gasteiger partial charge < -0.3 is 14.8 Å². The van der Waals surface area contributed by atoms with Gasteiger partial charge in [-0.2, -0.15) is 0 Å². The Balaban J connectivity index is 1.51. The predicted octanol–water partition coefficient (Wildman–Crippen LogP) is 6.51. The standard InChI is InChI=1S/C29H24N4S/c1-20-11-14-23(15-12-20)33-28(27(31-29(33)34)25-9-4-5-17-30-25)26-10-6-18-32(26)24-16-13-21-7-2-3-8-22(21)19-24/h2-19,27-28H,1H3,(H,31,34)/t27-,28-/m1/s1. The molecule has 0 radical (unpaired) electrons. The maximum absolute atomic E-state index is 5.88. The summed E-state index contributed by atoms with van der Waals surface area (Å²) < 4.78 is 2.27. The number of hydrogen-bond acceptors (Lipinski definition) is 2. The highest BCUT2D eigenvalue weighted by molar-refractivity contribution is 7.80. The third kappa shape index (κ3) is 3.55. The quantitative estimate of drug-likeness (QED) is 0.310. The molecule has 0 amide bonds. The van der Waals surface area contributed by atoms with E-state index in [1.54, 1.807) is 0 Å². The molecule has 0 unspecified atom stereocenters. The molecule has 1 aliphatic heterocycles. The van der Waals surface area contributed by atoms with E-state index in [0.717, 1.165) is 22.8 Å². The summed E-state index contributed by atoms with van der Waals surface area (Å²) >= 11 is 5.88. The molecule has 1 saturated heterocycles. The number of anilines is 1. The van der Waals surface area contributed by atoms with Gasteiger partial charge in [0.25, 0.3) is 0 Å². The molecule has 3 aromatic carbocycles. The SMILES string of the molecule is Cc1ccc(N2C(=S)N[C@H](c3ccccn3)[C@H]2c2cccn2-c2ccc3ccccc3c2)cc1. The maximum Gasteiger partial charge on any atom is 0.174 e. The first kappa shape index (κ1) is 20.6. The number of nitrogens with one attached hydrogen (secondary N) is 1. The summed E-state index contributed by atoms with van der Waals surface area (Å²) in [5.74, 6) is 0. The van der Waals surface area contributed by atoms with Gasteiger partial charge in [-0.3, -0.25) is 4.98 Å². The van der Waals surface area contributed by atoms with E-state index in [1.807, 2.05) is 18.3 Å². The largest absolute Gasteiger partial charge is 0.351 e. The van der Waals surface area contributed by atoms with Gasteiger partial charge in [-0.15, -0.1) is 0 Å². The zero-order valence-corrected chi connectivity index (χ0v) is 19.6. The van der Waals surface area contributed by atoms with Gasteiger partial charge in [0.2, 0.25) is 0 Å². The van der Waals surface area contributed by atoms with Gasteiger partial charge in [-0.05, 0) is 78.4 Å². The van der Waals surface area contributed by atoms with Crippen molar-refractivity contribution >= 4 is 33.8 Å². The van der Waals surface area contributed by atoms with E-state index in [9.17, 15) is 0 Å².